The summed E-state index contributed by atoms with van der Waals surface area (Å²) in [6.07, 6.45) is -3.05. The van der Waals surface area contributed by atoms with Gasteiger partial charge >= 0.3 is 6.18 Å². The Labute approximate surface area is 195 Å². The molecule has 1 fully saturated rings. The number of piperazine rings is 1. The molecule has 1 saturated heterocycles. The maximum atomic E-state index is 14.0. The molecule has 0 radical (unpaired) electrons. The average Bonchev–Trinajstić information content (AvgIpc) is 3.28. The van der Waals surface area contributed by atoms with Gasteiger partial charge in [-0.25, -0.2) is 13.8 Å². The summed E-state index contributed by atoms with van der Waals surface area (Å²) in [4.78, 5) is 24.3. The van der Waals surface area contributed by atoms with Crippen molar-refractivity contribution in [2.45, 2.75) is 6.18 Å². The lowest BCUT2D eigenvalue weighted by Gasteiger charge is -2.34. The quantitative estimate of drug-likeness (QED) is 0.407. The Hall–Kier alpha value is -4.09. The van der Waals surface area contributed by atoms with E-state index in [0.29, 0.717) is 11.3 Å². The largest absolute Gasteiger partial charge is 0.416 e. The molecule has 12 heteroatoms. The summed E-state index contributed by atoms with van der Waals surface area (Å²) in [5, 5.41) is 4.43. The minimum absolute atomic E-state index is 0.177. The Morgan fingerprint density at radius 3 is 2.29 bits per heavy atom. The van der Waals surface area contributed by atoms with Crippen LogP contribution in [0.4, 0.5) is 27.9 Å². The van der Waals surface area contributed by atoms with E-state index in [4.69, 9.17) is 0 Å². The van der Waals surface area contributed by atoms with E-state index in [0.717, 1.165) is 24.3 Å². The molecule has 1 amide bonds. The van der Waals surface area contributed by atoms with Crippen molar-refractivity contribution >= 4 is 17.6 Å². The summed E-state index contributed by atoms with van der Waals surface area (Å²) in [5.74, 6) is -2.11. The standard InChI is InChI=1S/C23H17F5N6O/c24-16-5-2-6-17(25)19(16)20(35)32-9-11-33(12-10-32)22-30-21-29-8-7-18(34(21)31-22)14-3-1-4-15(13-14)23(26,27)28/h1-8,13H,9-12H2. The van der Waals surface area contributed by atoms with E-state index in [9.17, 15) is 26.7 Å². The summed E-state index contributed by atoms with van der Waals surface area (Å²) >= 11 is 0. The van der Waals surface area contributed by atoms with Gasteiger partial charge in [0.15, 0.2) is 0 Å². The monoisotopic (exact) mass is 488 g/mol. The maximum absolute atomic E-state index is 14.0. The van der Waals surface area contributed by atoms with E-state index < -0.39 is 34.8 Å². The highest BCUT2D eigenvalue weighted by Crippen LogP contribution is 2.32. The Balaban J connectivity index is 1.38. The number of amides is 1. The molecule has 5 rings (SSSR count). The van der Waals surface area contributed by atoms with E-state index in [2.05, 4.69) is 15.1 Å². The van der Waals surface area contributed by atoms with Gasteiger partial charge in [0.05, 0.1) is 11.3 Å². The van der Waals surface area contributed by atoms with Crippen LogP contribution < -0.4 is 4.90 Å². The van der Waals surface area contributed by atoms with Crippen molar-refractivity contribution in [3.05, 3.63) is 77.5 Å². The van der Waals surface area contributed by atoms with Gasteiger partial charge in [-0.2, -0.15) is 22.7 Å². The molecule has 0 aliphatic carbocycles. The van der Waals surface area contributed by atoms with Crippen LogP contribution in [0.25, 0.3) is 17.0 Å². The topological polar surface area (TPSA) is 66.6 Å². The Morgan fingerprint density at radius 2 is 1.60 bits per heavy atom. The lowest BCUT2D eigenvalue weighted by molar-refractivity contribution is -0.137. The highest BCUT2D eigenvalue weighted by Gasteiger charge is 2.31. The molecule has 3 heterocycles. The molecular weight excluding hydrogens is 471 g/mol. The van der Waals surface area contributed by atoms with Gasteiger partial charge in [-0.15, -0.1) is 5.10 Å². The van der Waals surface area contributed by atoms with Gasteiger partial charge in [0.1, 0.15) is 17.2 Å². The number of benzene rings is 2. The number of halogens is 5. The number of aromatic nitrogens is 4. The zero-order valence-corrected chi connectivity index (χ0v) is 18.0. The van der Waals surface area contributed by atoms with Gasteiger partial charge in [-0.3, -0.25) is 4.79 Å². The Kier molecular flexibility index (Phi) is 5.58. The molecule has 35 heavy (non-hydrogen) atoms. The zero-order valence-electron chi connectivity index (χ0n) is 18.0. The third-order valence-corrected chi connectivity index (χ3v) is 5.74. The number of carbonyl (C=O) groups excluding carboxylic acids is 1. The van der Waals surface area contributed by atoms with E-state index in [1.807, 2.05) is 0 Å². The second-order valence-corrected chi connectivity index (χ2v) is 7.91. The molecule has 0 spiro atoms. The molecule has 1 aliphatic heterocycles. The number of nitrogens with zero attached hydrogens (tertiary/aromatic N) is 6. The number of carbonyl (C=O) groups is 1. The molecule has 0 bridgehead atoms. The first-order valence-corrected chi connectivity index (χ1v) is 10.6. The van der Waals surface area contributed by atoms with Gasteiger partial charge in [0.25, 0.3) is 11.7 Å². The van der Waals surface area contributed by atoms with Crippen LogP contribution in [0.2, 0.25) is 0 Å². The first kappa shape index (κ1) is 22.7. The number of rotatable bonds is 3. The van der Waals surface area contributed by atoms with E-state index in [1.165, 1.54) is 33.8 Å². The molecule has 0 N–H and O–H groups in total. The molecule has 7 nitrogen and oxygen atoms in total. The van der Waals surface area contributed by atoms with E-state index in [-0.39, 0.29) is 37.9 Å². The number of fused-ring (bicyclic) bond motifs is 1. The molecule has 0 unspecified atom stereocenters. The summed E-state index contributed by atoms with van der Waals surface area (Å²) in [5.41, 5.74) is -0.705. The van der Waals surface area contributed by atoms with Crippen LogP contribution in [-0.2, 0) is 6.18 Å². The predicted molar refractivity (Wildman–Crippen MR) is 116 cm³/mol. The molecule has 180 valence electrons. The van der Waals surface area contributed by atoms with Gasteiger partial charge in [-0.05, 0) is 30.3 Å². The smallest absolute Gasteiger partial charge is 0.336 e. The fraction of sp³-hybridized carbons (Fsp3) is 0.217. The minimum atomic E-state index is -4.49. The average molecular weight is 488 g/mol. The summed E-state index contributed by atoms with van der Waals surface area (Å²) in [6, 6.07) is 9.67. The van der Waals surface area contributed by atoms with E-state index in [1.54, 1.807) is 11.0 Å². The summed E-state index contributed by atoms with van der Waals surface area (Å²) < 4.78 is 68.8. The van der Waals surface area contributed by atoms with E-state index >= 15 is 0 Å². The van der Waals surface area contributed by atoms with Gasteiger partial charge < -0.3 is 9.80 Å². The second kappa shape index (κ2) is 8.60. The van der Waals surface area contributed by atoms with Crippen LogP contribution in [0.15, 0.2) is 54.7 Å². The van der Waals surface area contributed by atoms with Crippen molar-refractivity contribution in [3.63, 3.8) is 0 Å². The number of anilines is 1. The van der Waals surface area contributed by atoms with Gasteiger partial charge in [0, 0.05) is 37.9 Å². The second-order valence-electron chi connectivity index (χ2n) is 7.91. The molecule has 1 aliphatic rings. The van der Waals surface area contributed by atoms with Crippen molar-refractivity contribution in [2.24, 2.45) is 0 Å². The first-order valence-electron chi connectivity index (χ1n) is 10.6. The molecule has 0 atom stereocenters. The lowest BCUT2D eigenvalue weighted by Crippen LogP contribution is -2.49. The number of hydrogen-bond donors (Lipinski definition) is 0. The van der Waals surface area contributed by atoms with Crippen LogP contribution in [0.1, 0.15) is 15.9 Å². The molecule has 2 aromatic heterocycles. The molecule has 2 aromatic carbocycles. The van der Waals surface area contributed by atoms with Crippen LogP contribution in [0.5, 0.6) is 0 Å². The number of hydrogen-bond acceptors (Lipinski definition) is 5. The van der Waals surface area contributed by atoms with Crippen LogP contribution in [0.3, 0.4) is 0 Å². The van der Waals surface area contributed by atoms with Crippen molar-refractivity contribution < 1.29 is 26.7 Å². The van der Waals surface area contributed by atoms with Gasteiger partial charge in [0.2, 0.25) is 5.95 Å². The number of alkyl halides is 3. The fourth-order valence-electron chi connectivity index (χ4n) is 3.96. The van der Waals surface area contributed by atoms with Crippen molar-refractivity contribution in [1.29, 1.82) is 0 Å². The fourth-order valence-corrected chi connectivity index (χ4v) is 3.96. The van der Waals surface area contributed by atoms with Crippen molar-refractivity contribution in [2.75, 3.05) is 31.1 Å². The predicted octanol–water partition coefficient (Wildman–Crippen LogP) is 4.05. The highest BCUT2D eigenvalue weighted by atomic mass is 19.4. The highest BCUT2D eigenvalue weighted by molar-refractivity contribution is 5.95. The summed E-state index contributed by atoms with van der Waals surface area (Å²) in [7, 11) is 0. The van der Waals surface area contributed by atoms with Crippen molar-refractivity contribution in [3.8, 4) is 11.3 Å². The summed E-state index contributed by atoms with van der Waals surface area (Å²) in [6.45, 7) is 0.932. The normalized spacial score (nSPS) is 14.5. The third-order valence-electron chi connectivity index (χ3n) is 5.74. The minimum Gasteiger partial charge on any atom is -0.336 e. The SMILES string of the molecule is O=C(c1c(F)cccc1F)N1CCN(c2nc3nccc(-c4cccc(C(F)(F)F)c4)n3n2)CC1. The van der Waals surface area contributed by atoms with Crippen molar-refractivity contribution in [1.82, 2.24) is 24.5 Å². The van der Waals surface area contributed by atoms with Crippen LogP contribution in [0, 0.1) is 11.6 Å². The zero-order chi connectivity index (χ0) is 24.7. The van der Waals surface area contributed by atoms with Crippen LogP contribution >= 0.6 is 0 Å². The van der Waals surface area contributed by atoms with Gasteiger partial charge in [-0.1, -0.05) is 18.2 Å². The molecule has 0 saturated carbocycles. The first-order chi connectivity index (χ1) is 16.7. The molecular formula is C23H17F5N6O. The Morgan fingerprint density at radius 1 is 0.914 bits per heavy atom. The van der Waals surface area contributed by atoms with Crippen LogP contribution in [-0.4, -0.2) is 56.6 Å². The Bertz CT molecular complexity index is 1390. The third kappa shape index (κ3) is 4.27. The maximum Gasteiger partial charge on any atom is 0.416 e. The molecule has 4 aromatic rings. The lowest BCUT2D eigenvalue weighted by atomic mass is 10.1.